The van der Waals surface area contributed by atoms with Crippen LogP contribution in [0.4, 0.5) is 0 Å². The minimum atomic E-state index is 0.00789. The van der Waals surface area contributed by atoms with E-state index in [2.05, 4.69) is 25.8 Å². The topological polar surface area (TPSA) is 33.1 Å². The number of aliphatic hydroxyl groups is 1. The number of aliphatic hydroxyl groups excluding tert-OH is 1. The van der Waals surface area contributed by atoms with Gasteiger partial charge in [-0.25, -0.2) is 0 Å². The van der Waals surface area contributed by atoms with Crippen LogP contribution in [0, 0.1) is 0 Å². The molecule has 0 saturated heterocycles. The first-order valence-corrected chi connectivity index (χ1v) is 5.52. The normalized spacial score (nSPS) is 12.0. The smallest absolute Gasteiger partial charge is 0.0709 e. The first-order chi connectivity index (χ1) is 7.52. The highest BCUT2D eigenvalue weighted by molar-refractivity contribution is 5.82. The van der Waals surface area contributed by atoms with Gasteiger partial charge in [-0.2, -0.15) is 0 Å². The Morgan fingerprint density at radius 3 is 2.50 bits per heavy atom. The molecule has 84 valence electrons. The summed E-state index contributed by atoms with van der Waals surface area (Å²) in [6, 6.07) is 9.94. The number of hydrogen-bond acceptors (Lipinski definition) is 2. The molecular weight excluding hydrogens is 198 g/mol. The number of fused-ring (bicyclic) bond motifs is 1. The van der Waals surface area contributed by atoms with Crippen LogP contribution in [0.5, 0.6) is 0 Å². The molecule has 0 aliphatic carbocycles. The zero-order valence-corrected chi connectivity index (χ0v) is 9.99. The van der Waals surface area contributed by atoms with Crippen molar-refractivity contribution in [3.8, 4) is 0 Å². The second-order valence-electron chi connectivity index (χ2n) is 5.09. The van der Waals surface area contributed by atoms with Crippen LogP contribution in [0.15, 0.2) is 30.3 Å². The van der Waals surface area contributed by atoms with Gasteiger partial charge in [0.2, 0.25) is 0 Å². The quantitative estimate of drug-likeness (QED) is 0.793. The van der Waals surface area contributed by atoms with Crippen molar-refractivity contribution in [2.24, 2.45) is 0 Å². The van der Waals surface area contributed by atoms with Crippen molar-refractivity contribution >= 4 is 10.9 Å². The van der Waals surface area contributed by atoms with Gasteiger partial charge in [-0.15, -0.1) is 0 Å². The predicted molar refractivity (Wildman–Crippen MR) is 66.4 cm³/mol. The minimum Gasteiger partial charge on any atom is -0.392 e. The number of benzene rings is 1. The van der Waals surface area contributed by atoms with Gasteiger partial charge < -0.3 is 5.11 Å². The Kier molecular flexibility index (Phi) is 2.68. The highest BCUT2D eigenvalue weighted by Gasteiger charge is 2.17. The Labute approximate surface area is 96.0 Å². The van der Waals surface area contributed by atoms with E-state index < -0.39 is 0 Å². The van der Waals surface area contributed by atoms with Crippen molar-refractivity contribution in [3.05, 3.63) is 41.6 Å². The third-order valence-electron chi connectivity index (χ3n) is 2.74. The van der Waals surface area contributed by atoms with Gasteiger partial charge >= 0.3 is 0 Å². The monoisotopic (exact) mass is 215 g/mol. The van der Waals surface area contributed by atoms with Gasteiger partial charge in [0, 0.05) is 16.5 Å². The largest absolute Gasteiger partial charge is 0.392 e. The van der Waals surface area contributed by atoms with Crippen molar-refractivity contribution in [3.63, 3.8) is 0 Å². The van der Waals surface area contributed by atoms with Gasteiger partial charge in [0.1, 0.15) is 0 Å². The summed E-state index contributed by atoms with van der Waals surface area (Å²) in [7, 11) is 0. The van der Waals surface area contributed by atoms with Crippen LogP contribution in [0.25, 0.3) is 10.9 Å². The molecule has 0 bridgehead atoms. The van der Waals surface area contributed by atoms with Crippen molar-refractivity contribution in [2.45, 2.75) is 32.8 Å². The molecule has 1 aromatic heterocycles. The molecule has 0 fully saturated rings. The Balaban J connectivity index is 2.73. The fourth-order valence-electron chi connectivity index (χ4n) is 1.76. The molecule has 0 amide bonds. The lowest BCUT2D eigenvalue weighted by Crippen LogP contribution is -2.14. The molecule has 1 aromatic carbocycles. The summed E-state index contributed by atoms with van der Waals surface area (Å²) in [5.74, 6) is 0. The summed E-state index contributed by atoms with van der Waals surface area (Å²) in [4.78, 5) is 4.64. The first kappa shape index (κ1) is 11.1. The molecule has 16 heavy (non-hydrogen) atoms. The summed E-state index contributed by atoms with van der Waals surface area (Å²) >= 11 is 0. The van der Waals surface area contributed by atoms with Crippen LogP contribution in [-0.2, 0) is 12.0 Å². The van der Waals surface area contributed by atoms with Gasteiger partial charge in [0.15, 0.2) is 0 Å². The zero-order valence-electron chi connectivity index (χ0n) is 9.99. The number of hydrogen-bond donors (Lipinski definition) is 1. The summed E-state index contributed by atoms with van der Waals surface area (Å²) in [6.45, 7) is 6.45. The summed E-state index contributed by atoms with van der Waals surface area (Å²) in [5.41, 5.74) is 2.94. The summed E-state index contributed by atoms with van der Waals surface area (Å²) in [5, 5.41) is 10.4. The van der Waals surface area contributed by atoms with Crippen molar-refractivity contribution in [1.82, 2.24) is 4.98 Å². The van der Waals surface area contributed by atoms with Crippen LogP contribution in [0.2, 0.25) is 0 Å². The van der Waals surface area contributed by atoms with E-state index in [0.717, 1.165) is 22.2 Å². The lowest BCUT2D eigenvalue weighted by molar-refractivity contribution is 0.283. The van der Waals surface area contributed by atoms with E-state index in [0.29, 0.717) is 0 Å². The lowest BCUT2D eigenvalue weighted by atomic mass is 9.90. The molecule has 2 aromatic rings. The Morgan fingerprint density at radius 1 is 1.19 bits per heavy atom. The predicted octanol–water partition coefficient (Wildman–Crippen LogP) is 3.02. The number of pyridine rings is 1. The Bertz CT molecular complexity index is 512. The van der Waals surface area contributed by atoms with E-state index in [1.54, 1.807) is 0 Å². The second kappa shape index (κ2) is 3.87. The van der Waals surface area contributed by atoms with Crippen molar-refractivity contribution in [1.29, 1.82) is 0 Å². The van der Waals surface area contributed by atoms with Gasteiger partial charge in [0.25, 0.3) is 0 Å². The van der Waals surface area contributed by atoms with Crippen LogP contribution in [-0.4, -0.2) is 10.1 Å². The fourth-order valence-corrected chi connectivity index (χ4v) is 1.76. The van der Waals surface area contributed by atoms with E-state index in [1.165, 1.54) is 0 Å². The third-order valence-corrected chi connectivity index (χ3v) is 2.74. The lowest BCUT2D eigenvalue weighted by Gasteiger charge is -2.19. The molecule has 2 heteroatoms. The van der Waals surface area contributed by atoms with E-state index in [4.69, 9.17) is 0 Å². The average molecular weight is 215 g/mol. The van der Waals surface area contributed by atoms with Gasteiger partial charge in [0.05, 0.1) is 12.1 Å². The molecule has 0 spiro atoms. The molecule has 1 heterocycles. The highest BCUT2D eigenvalue weighted by Crippen LogP contribution is 2.25. The summed E-state index contributed by atoms with van der Waals surface area (Å²) < 4.78 is 0. The molecular formula is C14H17NO. The molecule has 0 unspecified atom stereocenters. The zero-order chi connectivity index (χ0) is 11.8. The van der Waals surface area contributed by atoms with Crippen LogP contribution < -0.4 is 0 Å². The number of aromatic nitrogens is 1. The average Bonchev–Trinajstić information content (AvgIpc) is 2.26. The Hall–Kier alpha value is -1.41. The van der Waals surface area contributed by atoms with E-state index in [-0.39, 0.29) is 12.0 Å². The van der Waals surface area contributed by atoms with Crippen LogP contribution >= 0.6 is 0 Å². The molecule has 0 aliphatic heterocycles. The van der Waals surface area contributed by atoms with E-state index in [1.807, 2.05) is 30.3 Å². The summed E-state index contributed by atoms with van der Waals surface area (Å²) in [6.07, 6.45) is 0. The molecule has 1 N–H and O–H groups in total. The molecule has 0 aliphatic rings. The molecule has 0 saturated carbocycles. The molecule has 2 rings (SSSR count). The number of para-hydroxylation sites is 1. The van der Waals surface area contributed by atoms with Crippen LogP contribution in [0.1, 0.15) is 32.0 Å². The highest BCUT2D eigenvalue weighted by atomic mass is 16.3. The van der Waals surface area contributed by atoms with E-state index >= 15 is 0 Å². The van der Waals surface area contributed by atoms with Gasteiger partial charge in [-0.3, -0.25) is 4.98 Å². The molecule has 2 nitrogen and oxygen atoms in total. The second-order valence-corrected chi connectivity index (χ2v) is 5.09. The fraction of sp³-hybridized carbons (Fsp3) is 0.357. The first-order valence-electron chi connectivity index (χ1n) is 5.52. The van der Waals surface area contributed by atoms with Crippen LogP contribution in [0.3, 0.4) is 0 Å². The molecule has 0 radical (unpaired) electrons. The third kappa shape index (κ3) is 1.93. The SMILES string of the molecule is CC(C)(C)c1cc(CO)c2ccccc2n1. The van der Waals surface area contributed by atoms with Crippen molar-refractivity contribution < 1.29 is 5.11 Å². The number of nitrogens with zero attached hydrogens (tertiary/aromatic N) is 1. The van der Waals surface area contributed by atoms with Gasteiger partial charge in [-0.05, 0) is 17.7 Å². The standard InChI is InChI=1S/C14H17NO/c1-14(2,3)13-8-10(9-16)11-6-4-5-7-12(11)15-13/h4-8,16H,9H2,1-3H3. The maximum absolute atomic E-state index is 9.40. The van der Waals surface area contributed by atoms with Gasteiger partial charge in [-0.1, -0.05) is 39.0 Å². The Morgan fingerprint density at radius 2 is 1.88 bits per heavy atom. The maximum Gasteiger partial charge on any atom is 0.0709 e. The van der Waals surface area contributed by atoms with Crippen molar-refractivity contribution in [2.75, 3.05) is 0 Å². The van der Waals surface area contributed by atoms with E-state index in [9.17, 15) is 5.11 Å². The molecule has 0 atom stereocenters. The minimum absolute atomic E-state index is 0.00789. The maximum atomic E-state index is 9.40. The number of rotatable bonds is 1.